The summed E-state index contributed by atoms with van der Waals surface area (Å²) in [5.41, 5.74) is 2.37. The molecule has 1 fully saturated rings. The second-order valence-electron chi connectivity index (χ2n) is 4.17. The van der Waals surface area contributed by atoms with Crippen LogP contribution in [0.15, 0.2) is 18.2 Å². The van der Waals surface area contributed by atoms with Crippen LogP contribution in [0.3, 0.4) is 0 Å². The van der Waals surface area contributed by atoms with E-state index in [2.05, 4.69) is 0 Å². The number of anilines is 1. The summed E-state index contributed by atoms with van der Waals surface area (Å²) in [6.07, 6.45) is 0.519. The standard InChI is InChI=1S/C13H15NO3/c1-9-8-11(4-5-12(9)10(2)15)14-6-3-7-17-13(14)16/h4-5,8H,3,6-7H2,1-2H3. The van der Waals surface area contributed by atoms with E-state index in [0.29, 0.717) is 18.7 Å². The lowest BCUT2D eigenvalue weighted by molar-refractivity contribution is 0.101. The van der Waals surface area contributed by atoms with Gasteiger partial charge < -0.3 is 4.74 Å². The molecule has 0 spiro atoms. The van der Waals surface area contributed by atoms with Crippen molar-refractivity contribution in [2.75, 3.05) is 18.1 Å². The number of hydrogen-bond donors (Lipinski definition) is 0. The van der Waals surface area contributed by atoms with Crippen molar-refractivity contribution in [2.45, 2.75) is 20.3 Å². The fourth-order valence-corrected chi connectivity index (χ4v) is 2.00. The largest absolute Gasteiger partial charge is 0.449 e. The summed E-state index contributed by atoms with van der Waals surface area (Å²) in [5.74, 6) is 0.0373. The molecule has 0 unspecified atom stereocenters. The van der Waals surface area contributed by atoms with E-state index in [-0.39, 0.29) is 11.9 Å². The Kier molecular flexibility index (Phi) is 3.13. The number of hydrogen-bond acceptors (Lipinski definition) is 3. The zero-order valence-corrected chi connectivity index (χ0v) is 10.0. The molecule has 1 saturated heterocycles. The van der Waals surface area contributed by atoms with E-state index in [4.69, 9.17) is 4.74 Å². The van der Waals surface area contributed by atoms with Gasteiger partial charge in [0.1, 0.15) is 0 Å². The van der Waals surface area contributed by atoms with Gasteiger partial charge in [-0.05, 0) is 44.0 Å². The average Bonchev–Trinajstić information content (AvgIpc) is 2.29. The van der Waals surface area contributed by atoms with Crippen LogP contribution < -0.4 is 4.90 Å². The van der Waals surface area contributed by atoms with E-state index >= 15 is 0 Å². The minimum absolute atomic E-state index is 0.0373. The van der Waals surface area contributed by atoms with Crippen molar-refractivity contribution in [1.82, 2.24) is 0 Å². The Morgan fingerprint density at radius 2 is 2.18 bits per heavy atom. The molecular formula is C13H15NO3. The van der Waals surface area contributed by atoms with Crippen LogP contribution >= 0.6 is 0 Å². The van der Waals surface area contributed by atoms with Crippen molar-refractivity contribution in [3.8, 4) is 0 Å². The van der Waals surface area contributed by atoms with E-state index < -0.39 is 0 Å². The van der Waals surface area contributed by atoms with Gasteiger partial charge in [-0.15, -0.1) is 0 Å². The second-order valence-corrected chi connectivity index (χ2v) is 4.17. The Morgan fingerprint density at radius 3 is 2.76 bits per heavy atom. The normalized spacial score (nSPS) is 15.6. The minimum atomic E-state index is -0.314. The van der Waals surface area contributed by atoms with Gasteiger partial charge in [-0.1, -0.05) is 0 Å². The highest BCUT2D eigenvalue weighted by atomic mass is 16.6. The molecule has 1 heterocycles. The summed E-state index contributed by atoms with van der Waals surface area (Å²) in [7, 11) is 0. The van der Waals surface area contributed by atoms with Crippen LogP contribution in [-0.2, 0) is 4.74 Å². The van der Waals surface area contributed by atoms with Gasteiger partial charge in [0.05, 0.1) is 6.61 Å². The first-order valence-electron chi connectivity index (χ1n) is 5.65. The summed E-state index contributed by atoms with van der Waals surface area (Å²) >= 11 is 0. The summed E-state index contributed by atoms with van der Waals surface area (Å²) in [4.78, 5) is 24.5. The molecule has 0 atom stereocenters. The smallest absolute Gasteiger partial charge is 0.414 e. The van der Waals surface area contributed by atoms with Gasteiger partial charge in [0.2, 0.25) is 0 Å². The molecule has 4 nitrogen and oxygen atoms in total. The number of amides is 1. The predicted molar refractivity (Wildman–Crippen MR) is 64.5 cm³/mol. The number of ketones is 1. The highest BCUT2D eigenvalue weighted by Gasteiger charge is 2.21. The lowest BCUT2D eigenvalue weighted by Gasteiger charge is -2.26. The number of rotatable bonds is 2. The molecular weight excluding hydrogens is 218 g/mol. The van der Waals surface area contributed by atoms with Crippen molar-refractivity contribution in [2.24, 2.45) is 0 Å². The average molecular weight is 233 g/mol. The van der Waals surface area contributed by atoms with Gasteiger partial charge in [-0.2, -0.15) is 0 Å². The van der Waals surface area contributed by atoms with Crippen LogP contribution in [0.5, 0.6) is 0 Å². The monoisotopic (exact) mass is 233 g/mol. The predicted octanol–water partition coefficient (Wildman–Crippen LogP) is 2.54. The SMILES string of the molecule is CC(=O)c1ccc(N2CCCOC2=O)cc1C. The van der Waals surface area contributed by atoms with Gasteiger partial charge in [0.15, 0.2) is 5.78 Å². The highest BCUT2D eigenvalue weighted by Crippen LogP contribution is 2.22. The maximum atomic E-state index is 11.6. The molecule has 4 heteroatoms. The highest BCUT2D eigenvalue weighted by molar-refractivity contribution is 5.96. The van der Waals surface area contributed by atoms with E-state index in [1.165, 1.54) is 6.92 Å². The fourth-order valence-electron chi connectivity index (χ4n) is 2.00. The van der Waals surface area contributed by atoms with Crippen LogP contribution in [0.2, 0.25) is 0 Å². The Hall–Kier alpha value is -1.84. The molecule has 1 amide bonds. The van der Waals surface area contributed by atoms with Gasteiger partial charge in [0, 0.05) is 17.8 Å². The van der Waals surface area contributed by atoms with Gasteiger partial charge in [-0.3, -0.25) is 9.69 Å². The number of Topliss-reactive ketones (excluding diaryl/α,β-unsaturated/α-hetero) is 1. The van der Waals surface area contributed by atoms with Crippen molar-refractivity contribution in [3.05, 3.63) is 29.3 Å². The molecule has 1 aromatic rings. The van der Waals surface area contributed by atoms with Crippen LogP contribution in [0.25, 0.3) is 0 Å². The van der Waals surface area contributed by atoms with Crippen LogP contribution in [0, 0.1) is 6.92 Å². The molecule has 1 aliphatic rings. The molecule has 1 aromatic carbocycles. The van der Waals surface area contributed by atoms with E-state index in [0.717, 1.165) is 17.7 Å². The molecule has 0 saturated carbocycles. The molecule has 0 aliphatic carbocycles. The molecule has 17 heavy (non-hydrogen) atoms. The molecule has 1 aliphatic heterocycles. The molecule has 0 bridgehead atoms. The first-order valence-corrected chi connectivity index (χ1v) is 5.65. The number of carbonyl (C=O) groups excluding carboxylic acids is 2. The van der Waals surface area contributed by atoms with Crippen molar-refractivity contribution in [1.29, 1.82) is 0 Å². The number of ether oxygens (including phenoxy) is 1. The zero-order chi connectivity index (χ0) is 12.4. The van der Waals surface area contributed by atoms with Crippen molar-refractivity contribution in [3.63, 3.8) is 0 Å². The third-order valence-corrected chi connectivity index (χ3v) is 2.87. The Balaban J connectivity index is 2.30. The first kappa shape index (κ1) is 11.6. The quantitative estimate of drug-likeness (QED) is 0.737. The number of nitrogens with zero attached hydrogens (tertiary/aromatic N) is 1. The Morgan fingerprint density at radius 1 is 1.41 bits per heavy atom. The summed E-state index contributed by atoms with van der Waals surface area (Å²) in [6, 6.07) is 5.40. The number of carbonyl (C=O) groups is 2. The number of cyclic esters (lactones) is 1. The molecule has 0 N–H and O–H groups in total. The summed E-state index contributed by atoms with van der Waals surface area (Å²) < 4.78 is 4.98. The van der Waals surface area contributed by atoms with Gasteiger partial charge in [0.25, 0.3) is 0 Å². The number of benzene rings is 1. The third-order valence-electron chi connectivity index (χ3n) is 2.87. The van der Waals surface area contributed by atoms with Crippen LogP contribution in [-0.4, -0.2) is 25.0 Å². The summed E-state index contributed by atoms with van der Waals surface area (Å²) in [5, 5.41) is 0. The molecule has 2 rings (SSSR count). The topological polar surface area (TPSA) is 46.6 Å². The Labute approximate surface area is 100 Å². The Bertz CT molecular complexity index is 468. The second kappa shape index (κ2) is 4.57. The zero-order valence-electron chi connectivity index (χ0n) is 10.0. The molecule has 0 aromatic heterocycles. The first-order chi connectivity index (χ1) is 8.09. The van der Waals surface area contributed by atoms with Gasteiger partial charge >= 0.3 is 6.09 Å². The third kappa shape index (κ3) is 2.30. The minimum Gasteiger partial charge on any atom is -0.449 e. The maximum Gasteiger partial charge on any atom is 0.414 e. The van der Waals surface area contributed by atoms with E-state index in [1.54, 1.807) is 17.0 Å². The molecule has 0 radical (unpaired) electrons. The number of aryl methyl sites for hydroxylation is 1. The van der Waals surface area contributed by atoms with E-state index in [9.17, 15) is 9.59 Å². The lowest BCUT2D eigenvalue weighted by Crippen LogP contribution is -2.37. The van der Waals surface area contributed by atoms with Crippen molar-refractivity contribution >= 4 is 17.6 Å². The molecule has 90 valence electrons. The van der Waals surface area contributed by atoms with Gasteiger partial charge in [-0.25, -0.2) is 4.79 Å². The fraction of sp³-hybridized carbons (Fsp3) is 0.385. The maximum absolute atomic E-state index is 11.6. The summed E-state index contributed by atoms with van der Waals surface area (Å²) in [6.45, 7) is 4.56. The van der Waals surface area contributed by atoms with Crippen LogP contribution in [0.1, 0.15) is 29.3 Å². The van der Waals surface area contributed by atoms with E-state index in [1.807, 2.05) is 13.0 Å². The lowest BCUT2D eigenvalue weighted by atomic mass is 10.0. The van der Waals surface area contributed by atoms with Crippen LogP contribution in [0.4, 0.5) is 10.5 Å². The van der Waals surface area contributed by atoms with Crippen molar-refractivity contribution < 1.29 is 14.3 Å².